The quantitative estimate of drug-likeness (QED) is 0.345. The van der Waals surface area contributed by atoms with E-state index in [1.807, 2.05) is 29.8 Å². The van der Waals surface area contributed by atoms with Crippen molar-refractivity contribution in [2.24, 2.45) is 0 Å². The van der Waals surface area contributed by atoms with Crippen molar-refractivity contribution in [3.63, 3.8) is 0 Å². The Balaban J connectivity index is 1.39. The van der Waals surface area contributed by atoms with E-state index in [2.05, 4.69) is 9.97 Å². The van der Waals surface area contributed by atoms with Gasteiger partial charge in [0.1, 0.15) is 5.82 Å². The van der Waals surface area contributed by atoms with Crippen molar-refractivity contribution in [3.8, 4) is 11.1 Å². The number of benzene rings is 1. The zero-order chi connectivity index (χ0) is 21.1. The van der Waals surface area contributed by atoms with Crippen molar-refractivity contribution in [1.29, 1.82) is 0 Å². The summed E-state index contributed by atoms with van der Waals surface area (Å²) in [5.41, 5.74) is 2.93. The Labute approximate surface area is 179 Å². The van der Waals surface area contributed by atoms with E-state index in [-0.39, 0.29) is 23.3 Å². The summed E-state index contributed by atoms with van der Waals surface area (Å²) in [5, 5.41) is 3.25. The molecule has 6 rings (SSSR count). The Bertz CT molecular complexity index is 1540. The van der Waals surface area contributed by atoms with Crippen molar-refractivity contribution < 1.29 is 8.78 Å². The fourth-order valence-corrected chi connectivity index (χ4v) is 5.18. The molecule has 1 aliphatic carbocycles. The molecule has 4 heterocycles. The molecule has 152 valence electrons. The van der Waals surface area contributed by atoms with Gasteiger partial charge in [-0.1, -0.05) is 6.07 Å². The molecule has 1 fully saturated rings. The average molecular weight is 431 g/mol. The number of aromatic nitrogens is 3. The van der Waals surface area contributed by atoms with Gasteiger partial charge in [-0.15, -0.1) is 11.3 Å². The number of halogens is 2. The van der Waals surface area contributed by atoms with E-state index in [0.717, 1.165) is 33.3 Å². The summed E-state index contributed by atoms with van der Waals surface area (Å²) in [6.45, 7) is 0. The van der Waals surface area contributed by atoms with Gasteiger partial charge in [-0.05, 0) is 48.4 Å². The van der Waals surface area contributed by atoms with E-state index in [1.54, 1.807) is 16.7 Å². The van der Waals surface area contributed by atoms with Crippen LogP contribution in [-0.4, -0.2) is 14.5 Å². The van der Waals surface area contributed by atoms with Crippen LogP contribution in [0.5, 0.6) is 0 Å². The molecule has 7 heteroatoms. The lowest BCUT2D eigenvalue weighted by Crippen LogP contribution is -2.18. The van der Waals surface area contributed by atoms with Crippen molar-refractivity contribution >= 4 is 32.3 Å². The van der Waals surface area contributed by atoms with Crippen LogP contribution in [0.15, 0.2) is 71.1 Å². The number of rotatable bonds is 3. The lowest BCUT2D eigenvalue weighted by molar-refractivity contribution is 0.584. The highest BCUT2D eigenvalue weighted by Gasteiger charge is 2.41. The third-order valence-corrected chi connectivity index (χ3v) is 6.81. The summed E-state index contributed by atoms with van der Waals surface area (Å²) in [4.78, 5) is 21.7. The number of hydrogen-bond acceptors (Lipinski definition) is 4. The van der Waals surface area contributed by atoms with Crippen LogP contribution in [0.4, 0.5) is 8.78 Å². The molecular weight excluding hydrogens is 416 g/mol. The fraction of sp³-hybridized carbons (Fsp3) is 0.125. The minimum atomic E-state index is -0.572. The second-order valence-electron chi connectivity index (χ2n) is 7.77. The van der Waals surface area contributed by atoms with Gasteiger partial charge in [-0.3, -0.25) is 9.78 Å². The van der Waals surface area contributed by atoms with Gasteiger partial charge in [-0.25, -0.2) is 9.37 Å². The van der Waals surface area contributed by atoms with Gasteiger partial charge in [0.15, 0.2) is 0 Å². The maximum Gasteiger partial charge on any atom is 0.260 e. The summed E-state index contributed by atoms with van der Waals surface area (Å²) in [7, 11) is 0. The normalized spacial score (nSPS) is 18.0. The lowest BCUT2D eigenvalue weighted by Gasteiger charge is -2.07. The Morgan fingerprint density at radius 1 is 1.06 bits per heavy atom. The summed E-state index contributed by atoms with van der Waals surface area (Å²) in [5.74, 6) is -0.727. The monoisotopic (exact) mass is 431 g/mol. The molecule has 1 aromatic carbocycles. The van der Waals surface area contributed by atoms with E-state index in [0.29, 0.717) is 10.9 Å². The van der Waals surface area contributed by atoms with Crippen molar-refractivity contribution in [2.75, 3.05) is 0 Å². The highest BCUT2D eigenvalue weighted by molar-refractivity contribution is 7.17. The predicted molar refractivity (Wildman–Crippen MR) is 117 cm³/mol. The highest BCUT2D eigenvalue weighted by atomic mass is 32.1. The first-order chi connectivity index (χ1) is 15.1. The summed E-state index contributed by atoms with van der Waals surface area (Å²) < 4.78 is 29.7. The lowest BCUT2D eigenvalue weighted by atomic mass is 10.1. The molecule has 5 aromatic rings. The zero-order valence-corrected chi connectivity index (χ0v) is 16.9. The van der Waals surface area contributed by atoms with Crippen LogP contribution in [0.3, 0.4) is 0 Å². The van der Waals surface area contributed by atoms with Crippen LogP contribution in [0.1, 0.15) is 24.1 Å². The van der Waals surface area contributed by atoms with Crippen molar-refractivity contribution in [1.82, 2.24) is 14.5 Å². The van der Waals surface area contributed by atoms with Gasteiger partial charge in [0, 0.05) is 57.1 Å². The minimum Gasteiger partial charge on any atom is -0.311 e. The molecule has 4 nitrogen and oxygen atoms in total. The van der Waals surface area contributed by atoms with E-state index in [4.69, 9.17) is 0 Å². The van der Waals surface area contributed by atoms with E-state index >= 15 is 0 Å². The van der Waals surface area contributed by atoms with E-state index in [9.17, 15) is 13.6 Å². The smallest absolute Gasteiger partial charge is 0.260 e. The third-order valence-electron chi connectivity index (χ3n) is 5.86. The van der Waals surface area contributed by atoms with Crippen molar-refractivity contribution in [2.45, 2.75) is 18.4 Å². The predicted octanol–water partition coefficient (Wildman–Crippen LogP) is 5.68. The molecule has 0 saturated heterocycles. The van der Waals surface area contributed by atoms with Crippen LogP contribution >= 0.6 is 11.3 Å². The molecular formula is C24H15F2N3OS. The Hall–Kier alpha value is -3.45. The number of fused-ring (bicyclic) bond motifs is 2. The molecule has 1 saturated carbocycles. The molecule has 0 unspecified atom stereocenters. The number of hydrogen-bond donors (Lipinski definition) is 0. The molecule has 31 heavy (non-hydrogen) atoms. The fourth-order valence-electron chi connectivity index (χ4n) is 4.23. The summed E-state index contributed by atoms with van der Waals surface area (Å²) >= 11 is 1.47. The number of thiophene rings is 1. The first-order valence-electron chi connectivity index (χ1n) is 9.89. The second-order valence-corrected chi connectivity index (χ2v) is 8.68. The molecule has 4 aromatic heterocycles. The van der Waals surface area contributed by atoms with Crippen LogP contribution in [0.2, 0.25) is 0 Å². The van der Waals surface area contributed by atoms with Gasteiger partial charge < -0.3 is 4.57 Å². The Morgan fingerprint density at radius 2 is 1.97 bits per heavy atom. The molecule has 0 spiro atoms. The summed E-state index contributed by atoms with van der Waals surface area (Å²) in [6.07, 6.45) is 4.05. The van der Waals surface area contributed by atoms with Crippen LogP contribution in [-0.2, 0) is 0 Å². The Kier molecular flexibility index (Phi) is 4.01. The first kappa shape index (κ1) is 18.3. The first-order valence-corrected chi connectivity index (χ1v) is 10.8. The molecule has 0 N–H and O–H groups in total. The van der Waals surface area contributed by atoms with Gasteiger partial charge in [0.25, 0.3) is 5.56 Å². The van der Waals surface area contributed by atoms with Gasteiger partial charge in [-0.2, -0.15) is 4.39 Å². The largest absolute Gasteiger partial charge is 0.311 e. The highest BCUT2D eigenvalue weighted by Crippen LogP contribution is 2.50. The number of nitrogens with zero attached hydrogens (tertiary/aromatic N) is 3. The number of pyridine rings is 3. The zero-order valence-electron chi connectivity index (χ0n) is 16.1. The van der Waals surface area contributed by atoms with Crippen LogP contribution < -0.4 is 5.56 Å². The van der Waals surface area contributed by atoms with Crippen LogP contribution in [0, 0.1) is 11.8 Å². The van der Waals surface area contributed by atoms with Crippen LogP contribution in [0.25, 0.3) is 32.1 Å². The average Bonchev–Trinajstić information content (AvgIpc) is 3.43. The van der Waals surface area contributed by atoms with E-state index < -0.39 is 5.95 Å². The second kappa shape index (κ2) is 6.78. The minimum absolute atomic E-state index is 0.0178. The van der Waals surface area contributed by atoms with E-state index in [1.165, 1.54) is 35.7 Å². The third kappa shape index (κ3) is 3.04. The molecule has 0 amide bonds. The van der Waals surface area contributed by atoms with Gasteiger partial charge >= 0.3 is 0 Å². The SMILES string of the molecule is O=c1c2c(-c3ccnc(F)c3)csc2ccn1[C@@H]1C[C@H]1c1ccc2cc(F)ccc2n1. The maximum absolute atomic E-state index is 13.6. The van der Waals surface area contributed by atoms with Crippen molar-refractivity contribution in [3.05, 3.63) is 94.1 Å². The standard InChI is InChI=1S/C24H15F2N3OS/c25-15-2-4-18-14(9-15)1-3-19(28-18)16-11-20(16)29-8-6-21-23(24(29)30)17(12-31-21)13-5-7-27-22(26)10-13/h1-10,12,16,20H,11H2/t16-,20+/m0/s1. The molecule has 0 bridgehead atoms. The molecule has 1 aliphatic rings. The maximum atomic E-state index is 13.6. The molecule has 0 aliphatic heterocycles. The topological polar surface area (TPSA) is 47.8 Å². The van der Waals surface area contributed by atoms with Gasteiger partial charge in [0.05, 0.1) is 10.9 Å². The summed E-state index contributed by atoms with van der Waals surface area (Å²) in [6, 6.07) is 13.3. The Morgan fingerprint density at radius 3 is 2.84 bits per heavy atom. The molecule has 0 radical (unpaired) electrons. The van der Waals surface area contributed by atoms with Gasteiger partial charge in [0.2, 0.25) is 5.95 Å². The molecule has 2 atom stereocenters.